The molecule has 28 heavy (non-hydrogen) atoms. The van der Waals surface area contributed by atoms with E-state index in [0.29, 0.717) is 13.0 Å². The largest absolute Gasteiger partial charge is 0.493 e. The van der Waals surface area contributed by atoms with Gasteiger partial charge in [0.15, 0.2) is 0 Å². The number of hydrogen-bond acceptors (Lipinski definition) is 3. The van der Waals surface area contributed by atoms with Crippen LogP contribution in [0.25, 0.3) is 0 Å². The van der Waals surface area contributed by atoms with Crippen molar-refractivity contribution in [1.82, 2.24) is 0 Å². The predicted octanol–water partition coefficient (Wildman–Crippen LogP) is 5.95. The topological polar surface area (TPSA) is 41.8 Å². The summed E-state index contributed by atoms with van der Waals surface area (Å²) in [4.78, 5) is 4.44. The van der Waals surface area contributed by atoms with Gasteiger partial charge in [0, 0.05) is 29.3 Å². The van der Waals surface area contributed by atoms with Crippen LogP contribution in [-0.4, -0.2) is 23.5 Å². The average Bonchev–Trinajstić information content (AvgIpc) is 3.05. The molecule has 0 saturated heterocycles. The quantitative estimate of drug-likeness (QED) is 0.649. The first-order chi connectivity index (χ1) is 13.5. The van der Waals surface area contributed by atoms with Crippen molar-refractivity contribution in [2.45, 2.75) is 65.4 Å². The van der Waals surface area contributed by atoms with Crippen LogP contribution in [0.1, 0.15) is 59.3 Å². The van der Waals surface area contributed by atoms with E-state index in [1.807, 2.05) is 19.2 Å². The van der Waals surface area contributed by atoms with Gasteiger partial charge in [-0.25, -0.2) is 4.39 Å². The number of allylic oxidation sites excluding steroid dienone is 6. The van der Waals surface area contributed by atoms with Gasteiger partial charge in [-0.1, -0.05) is 17.7 Å². The number of rotatable bonds is 4. The third-order valence-electron chi connectivity index (χ3n) is 6.07. The minimum Gasteiger partial charge on any atom is -0.493 e. The molecule has 3 rings (SSSR count). The lowest BCUT2D eigenvalue weighted by molar-refractivity contribution is 0.154. The summed E-state index contributed by atoms with van der Waals surface area (Å²) in [7, 11) is 0. The van der Waals surface area contributed by atoms with Gasteiger partial charge in [-0.15, -0.1) is 0 Å². The van der Waals surface area contributed by atoms with E-state index in [9.17, 15) is 9.50 Å². The lowest BCUT2D eigenvalue weighted by Gasteiger charge is -2.25. The van der Waals surface area contributed by atoms with E-state index >= 15 is 0 Å². The van der Waals surface area contributed by atoms with Crippen LogP contribution in [0.15, 0.2) is 63.8 Å². The molecule has 3 nitrogen and oxygen atoms in total. The molecule has 0 aromatic heterocycles. The van der Waals surface area contributed by atoms with Gasteiger partial charge in [0.1, 0.15) is 11.6 Å². The molecule has 2 aliphatic carbocycles. The second-order valence-corrected chi connectivity index (χ2v) is 8.19. The van der Waals surface area contributed by atoms with Gasteiger partial charge >= 0.3 is 0 Å². The summed E-state index contributed by atoms with van der Waals surface area (Å²) in [5.74, 6) is 0.957. The van der Waals surface area contributed by atoms with E-state index in [1.54, 1.807) is 12.2 Å². The highest BCUT2D eigenvalue weighted by Crippen LogP contribution is 2.37. The molecule has 0 spiro atoms. The Bertz CT molecular complexity index is 769. The van der Waals surface area contributed by atoms with E-state index in [4.69, 9.17) is 4.74 Å². The third kappa shape index (κ3) is 5.11. The van der Waals surface area contributed by atoms with Crippen molar-refractivity contribution in [1.29, 1.82) is 0 Å². The Morgan fingerprint density at radius 2 is 1.96 bits per heavy atom. The minimum absolute atomic E-state index is 0.121. The average molecular weight is 386 g/mol. The summed E-state index contributed by atoms with van der Waals surface area (Å²) in [6, 6.07) is 0. The van der Waals surface area contributed by atoms with Gasteiger partial charge < -0.3 is 9.84 Å². The van der Waals surface area contributed by atoms with Crippen LogP contribution in [0.5, 0.6) is 0 Å². The molecule has 4 heteroatoms. The zero-order chi connectivity index (χ0) is 20.1. The van der Waals surface area contributed by atoms with Crippen LogP contribution in [-0.2, 0) is 4.74 Å². The number of aliphatic hydroxyl groups is 1. The molecule has 1 aliphatic heterocycles. The molecule has 0 fully saturated rings. The lowest BCUT2D eigenvalue weighted by Crippen LogP contribution is -2.21. The van der Waals surface area contributed by atoms with Crippen LogP contribution in [0.3, 0.4) is 0 Å². The summed E-state index contributed by atoms with van der Waals surface area (Å²) < 4.78 is 19.8. The highest BCUT2D eigenvalue weighted by molar-refractivity contribution is 5.82. The normalized spacial score (nSPS) is 29.1. The van der Waals surface area contributed by atoms with Crippen molar-refractivity contribution in [2.75, 3.05) is 6.61 Å². The van der Waals surface area contributed by atoms with Crippen molar-refractivity contribution in [3.05, 3.63) is 58.8 Å². The van der Waals surface area contributed by atoms with Crippen LogP contribution in [0.4, 0.5) is 4.39 Å². The van der Waals surface area contributed by atoms with E-state index in [-0.39, 0.29) is 17.7 Å². The molecule has 0 aromatic rings. The molecule has 3 aliphatic rings. The fraction of sp³-hybridized carbons (Fsp3) is 0.542. The Morgan fingerprint density at radius 3 is 2.79 bits per heavy atom. The summed E-state index contributed by atoms with van der Waals surface area (Å²) in [5.41, 5.74) is 4.49. The highest BCUT2D eigenvalue weighted by Gasteiger charge is 2.29. The predicted molar refractivity (Wildman–Crippen MR) is 113 cm³/mol. The summed E-state index contributed by atoms with van der Waals surface area (Å²) in [5, 5.41) is 11.0. The number of ether oxygens (including phenoxy) is 1. The number of halogens is 1. The SMILES string of the molecule is CC1=NC=CC(C2=C(OCC3C=CC(F)=CCC3)C(C)=C(C)CCC2O)CC1. The maximum atomic E-state index is 13.5. The summed E-state index contributed by atoms with van der Waals surface area (Å²) in [6.07, 6.45) is 13.5. The van der Waals surface area contributed by atoms with Gasteiger partial charge in [0.05, 0.1) is 12.7 Å². The zero-order valence-electron chi connectivity index (χ0n) is 17.2. The van der Waals surface area contributed by atoms with Crippen LogP contribution < -0.4 is 0 Å². The third-order valence-corrected chi connectivity index (χ3v) is 6.07. The zero-order valence-corrected chi connectivity index (χ0v) is 17.2. The fourth-order valence-electron chi connectivity index (χ4n) is 4.08. The van der Waals surface area contributed by atoms with Crippen LogP contribution in [0, 0.1) is 11.8 Å². The molecule has 3 atom stereocenters. The second-order valence-electron chi connectivity index (χ2n) is 8.19. The molecule has 0 radical (unpaired) electrons. The molecule has 0 bridgehead atoms. The monoisotopic (exact) mass is 385 g/mol. The molecular weight excluding hydrogens is 353 g/mol. The van der Waals surface area contributed by atoms with Gasteiger partial charge in [0.2, 0.25) is 0 Å². The Labute approximate surface area is 168 Å². The molecule has 0 aromatic carbocycles. The number of aliphatic hydroxyl groups excluding tert-OH is 1. The standard InChI is InChI=1S/C24H32FNO2/c1-16-7-12-22(27)23(20-10-8-17(2)26-14-13-20)24(18(16)3)28-15-19-5-4-6-21(25)11-9-19/h6,9,11,13-14,19-20,22,27H,4-5,7-8,10,12,15H2,1-3H3. The highest BCUT2D eigenvalue weighted by atomic mass is 19.1. The fourth-order valence-corrected chi connectivity index (χ4v) is 4.08. The smallest absolute Gasteiger partial charge is 0.124 e. The maximum absolute atomic E-state index is 13.5. The molecule has 3 unspecified atom stereocenters. The number of hydrogen-bond donors (Lipinski definition) is 1. The Balaban J connectivity index is 1.87. The first kappa shape index (κ1) is 20.8. The Hall–Kier alpha value is -1.94. The van der Waals surface area contributed by atoms with Gasteiger partial charge in [-0.2, -0.15) is 0 Å². The van der Waals surface area contributed by atoms with Crippen molar-refractivity contribution in [3.8, 4) is 0 Å². The summed E-state index contributed by atoms with van der Waals surface area (Å²) in [6.45, 7) is 6.76. The molecule has 152 valence electrons. The Kier molecular flexibility index (Phi) is 7.06. The van der Waals surface area contributed by atoms with Crippen molar-refractivity contribution in [2.24, 2.45) is 16.8 Å². The van der Waals surface area contributed by atoms with Gasteiger partial charge in [0.25, 0.3) is 0 Å². The molecule has 1 heterocycles. The van der Waals surface area contributed by atoms with Crippen molar-refractivity contribution < 1.29 is 14.2 Å². The van der Waals surface area contributed by atoms with Gasteiger partial charge in [-0.3, -0.25) is 4.99 Å². The Morgan fingerprint density at radius 1 is 1.14 bits per heavy atom. The lowest BCUT2D eigenvalue weighted by atomic mass is 9.87. The molecule has 1 N–H and O–H groups in total. The van der Waals surface area contributed by atoms with Crippen molar-refractivity contribution in [3.63, 3.8) is 0 Å². The molecule has 0 saturated carbocycles. The van der Waals surface area contributed by atoms with E-state index < -0.39 is 6.10 Å². The second kappa shape index (κ2) is 9.51. The first-order valence-electron chi connectivity index (χ1n) is 10.4. The van der Waals surface area contributed by atoms with Crippen LogP contribution in [0.2, 0.25) is 0 Å². The number of aliphatic imine (C=N–C) groups is 1. The van der Waals surface area contributed by atoms with Crippen LogP contribution >= 0.6 is 0 Å². The van der Waals surface area contributed by atoms with Gasteiger partial charge in [-0.05, 0) is 77.0 Å². The van der Waals surface area contributed by atoms with E-state index in [1.165, 1.54) is 5.57 Å². The van der Waals surface area contributed by atoms with E-state index in [0.717, 1.165) is 54.7 Å². The maximum Gasteiger partial charge on any atom is 0.124 e. The molecule has 0 amide bonds. The van der Waals surface area contributed by atoms with Crippen molar-refractivity contribution >= 4 is 5.71 Å². The minimum atomic E-state index is -0.515. The summed E-state index contributed by atoms with van der Waals surface area (Å²) >= 11 is 0. The number of nitrogens with zero attached hydrogens (tertiary/aromatic N) is 1. The first-order valence-corrected chi connectivity index (χ1v) is 10.4. The molecular formula is C24H32FNO2. The van der Waals surface area contributed by atoms with E-state index in [2.05, 4.69) is 24.9 Å².